The van der Waals surface area contributed by atoms with Crippen molar-refractivity contribution in [1.29, 1.82) is 5.26 Å². The highest BCUT2D eigenvalue weighted by molar-refractivity contribution is 7.16. The molecule has 2 amide bonds. The smallest absolute Gasteiger partial charge is 0.320 e. The summed E-state index contributed by atoms with van der Waals surface area (Å²) in [4.78, 5) is 30.4. The first-order valence-corrected chi connectivity index (χ1v) is 16.1. The Kier molecular flexibility index (Phi) is 6.48. The molecule has 1 spiro atoms. The minimum absolute atomic E-state index is 0.0338. The van der Waals surface area contributed by atoms with Crippen LogP contribution in [0.3, 0.4) is 0 Å². The number of likely N-dealkylation sites (tertiary alicyclic amines) is 2. The number of anilines is 3. The van der Waals surface area contributed by atoms with Crippen molar-refractivity contribution < 1.29 is 18.7 Å². The largest absolute Gasteiger partial charge is 0.387 e. The van der Waals surface area contributed by atoms with Crippen LogP contribution in [0.25, 0.3) is 22.2 Å². The molecule has 2 aromatic heterocycles. The number of amides is 2. The van der Waals surface area contributed by atoms with Crippen LogP contribution in [0.2, 0.25) is 0 Å². The van der Waals surface area contributed by atoms with Gasteiger partial charge in [-0.2, -0.15) is 5.26 Å². The van der Waals surface area contributed by atoms with Crippen molar-refractivity contribution in [2.24, 2.45) is 5.41 Å². The first-order chi connectivity index (χ1) is 21.7. The number of hydrogen-bond donors (Lipinski definition) is 1. The minimum Gasteiger partial charge on any atom is -0.387 e. The number of aliphatic hydroxyl groups is 1. The quantitative estimate of drug-likeness (QED) is 0.315. The summed E-state index contributed by atoms with van der Waals surface area (Å²) in [5.74, 6) is -0.846. The number of nitriles is 1. The number of thiazole rings is 1. The highest BCUT2D eigenvalue weighted by Crippen LogP contribution is 2.47. The number of carbonyl (C=O) groups excluding carboxylic acids is 1. The third kappa shape index (κ3) is 4.51. The lowest BCUT2D eigenvalue weighted by molar-refractivity contribution is -0.00215. The van der Waals surface area contributed by atoms with Gasteiger partial charge in [-0.15, -0.1) is 0 Å². The molecule has 8 rings (SSSR count). The lowest BCUT2D eigenvalue weighted by Gasteiger charge is -2.61. The monoisotopic (exact) mass is 627 g/mol. The van der Waals surface area contributed by atoms with E-state index in [1.165, 1.54) is 29.5 Å². The molecule has 12 heteroatoms. The van der Waals surface area contributed by atoms with Gasteiger partial charge in [0.1, 0.15) is 28.0 Å². The molecule has 230 valence electrons. The number of fused-ring (bicyclic) bond motifs is 2. The highest BCUT2D eigenvalue weighted by Gasteiger charge is 2.54. The van der Waals surface area contributed by atoms with Crippen molar-refractivity contribution in [2.75, 3.05) is 56.1 Å². The van der Waals surface area contributed by atoms with Gasteiger partial charge in [-0.25, -0.2) is 23.5 Å². The van der Waals surface area contributed by atoms with Gasteiger partial charge in [0.15, 0.2) is 10.9 Å². The number of aliphatic hydroxyl groups excluding tert-OH is 1. The van der Waals surface area contributed by atoms with E-state index in [4.69, 9.17) is 4.98 Å². The summed E-state index contributed by atoms with van der Waals surface area (Å²) in [6.45, 7) is 4.59. The van der Waals surface area contributed by atoms with E-state index in [1.807, 2.05) is 27.8 Å². The molecule has 3 fully saturated rings. The Morgan fingerprint density at radius 1 is 1.09 bits per heavy atom. The lowest BCUT2D eigenvalue weighted by Crippen LogP contribution is -2.74. The zero-order valence-electron chi connectivity index (χ0n) is 24.8. The number of carbonyl (C=O) groups is 1. The molecular formula is C33H31F2N7O2S. The summed E-state index contributed by atoms with van der Waals surface area (Å²) in [5, 5.41) is 21.8. The summed E-state index contributed by atoms with van der Waals surface area (Å²) >= 11 is 1.21. The molecule has 4 aliphatic rings. The van der Waals surface area contributed by atoms with Crippen molar-refractivity contribution in [2.45, 2.75) is 31.8 Å². The van der Waals surface area contributed by atoms with Gasteiger partial charge in [0.25, 0.3) is 0 Å². The Balaban J connectivity index is 1.13. The van der Waals surface area contributed by atoms with Crippen molar-refractivity contribution >= 4 is 44.8 Å². The number of halogens is 2. The maximum absolute atomic E-state index is 15.9. The molecule has 1 aliphatic carbocycles. The van der Waals surface area contributed by atoms with E-state index in [1.54, 1.807) is 12.1 Å². The number of urea groups is 1. The molecule has 3 aliphatic heterocycles. The van der Waals surface area contributed by atoms with Crippen LogP contribution in [-0.2, 0) is 6.42 Å². The number of aromatic nitrogens is 2. The average molecular weight is 628 g/mol. The number of rotatable bonds is 4. The van der Waals surface area contributed by atoms with Crippen molar-refractivity contribution in [3.05, 3.63) is 64.2 Å². The second kappa shape index (κ2) is 10.4. The van der Waals surface area contributed by atoms with Crippen LogP contribution in [0, 0.1) is 28.4 Å². The summed E-state index contributed by atoms with van der Waals surface area (Å²) in [5.41, 5.74) is 4.04. The fourth-order valence-corrected chi connectivity index (χ4v) is 8.29. The molecule has 0 unspecified atom stereocenters. The predicted octanol–water partition coefficient (Wildman–Crippen LogP) is 5.59. The van der Waals surface area contributed by atoms with Crippen molar-refractivity contribution in [3.8, 4) is 17.3 Å². The standard InChI is InChI=1S/C33H31F2N7O2S/c1-39(31-38-27(26(14-36)45-31)19-4-6-20(34)7-5-19)30-22-8-9-25(43)29(22)37-28-23(30)12-21(13-24(28)35)41-15-33(16-41)17-42(18-33)32(44)40-10-2-3-11-40/h4-7,12-13,25,43H,2-3,8-11,15-18H2,1H3/t25-/m0/s1. The van der Waals surface area contributed by atoms with E-state index < -0.39 is 11.9 Å². The average Bonchev–Trinajstić information content (AvgIpc) is 3.76. The maximum Gasteiger partial charge on any atom is 0.320 e. The summed E-state index contributed by atoms with van der Waals surface area (Å²) < 4.78 is 29.5. The Bertz CT molecular complexity index is 1890. The van der Waals surface area contributed by atoms with Gasteiger partial charge in [0.2, 0.25) is 0 Å². The molecule has 0 radical (unpaired) electrons. The van der Waals surface area contributed by atoms with Crippen molar-refractivity contribution in [3.63, 3.8) is 0 Å². The molecular weight excluding hydrogens is 596 g/mol. The van der Waals surface area contributed by atoms with Crippen molar-refractivity contribution in [1.82, 2.24) is 19.8 Å². The molecule has 3 saturated heterocycles. The number of pyridine rings is 1. The van der Waals surface area contributed by atoms with Crippen LogP contribution < -0.4 is 9.80 Å². The van der Waals surface area contributed by atoms with Crippen LogP contribution in [-0.4, -0.2) is 77.2 Å². The Morgan fingerprint density at radius 3 is 2.53 bits per heavy atom. The summed E-state index contributed by atoms with van der Waals surface area (Å²) in [7, 11) is 1.83. The molecule has 0 saturated carbocycles. The molecule has 1 N–H and O–H groups in total. The first-order valence-electron chi connectivity index (χ1n) is 15.3. The number of benzene rings is 2. The lowest BCUT2D eigenvalue weighted by atomic mass is 9.72. The zero-order valence-corrected chi connectivity index (χ0v) is 25.6. The third-order valence-corrected chi connectivity index (χ3v) is 10.7. The molecule has 5 heterocycles. The molecule has 0 bridgehead atoms. The fourth-order valence-electron chi connectivity index (χ4n) is 7.44. The highest BCUT2D eigenvalue weighted by atomic mass is 32.1. The Labute approximate surface area is 262 Å². The fraction of sp³-hybridized carbons (Fsp3) is 0.394. The second-order valence-corrected chi connectivity index (χ2v) is 13.7. The van der Waals surface area contributed by atoms with E-state index in [2.05, 4.69) is 16.0 Å². The predicted molar refractivity (Wildman–Crippen MR) is 168 cm³/mol. The third-order valence-electron chi connectivity index (χ3n) is 9.69. The Hall–Kier alpha value is -4.34. The van der Waals surface area contributed by atoms with Gasteiger partial charge in [-0.05, 0) is 62.1 Å². The van der Waals surface area contributed by atoms with Crippen LogP contribution in [0.15, 0.2) is 36.4 Å². The van der Waals surface area contributed by atoms with Gasteiger partial charge in [-0.3, -0.25) is 0 Å². The summed E-state index contributed by atoms with van der Waals surface area (Å²) in [6.07, 6.45) is 2.39. The molecule has 9 nitrogen and oxygen atoms in total. The maximum atomic E-state index is 15.9. The Morgan fingerprint density at radius 2 is 1.82 bits per heavy atom. The van der Waals surface area contributed by atoms with E-state index in [-0.39, 0.29) is 22.8 Å². The molecule has 2 aromatic carbocycles. The molecule has 4 aromatic rings. The van der Waals surface area contributed by atoms with Gasteiger partial charge in [-0.1, -0.05) is 11.3 Å². The normalized spacial score (nSPS) is 19.9. The van der Waals surface area contributed by atoms with Crippen LogP contribution in [0.5, 0.6) is 0 Å². The van der Waals surface area contributed by atoms with Crippen LogP contribution >= 0.6 is 11.3 Å². The van der Waals surface area contributed by atoms with E-state index in [0.717, 1.165) is 63.4 Å². The second-order valence-electron chi connectivity index (χ2n) is 12.7. The first kappa shape index (κ1) is 28.2. The molecule has 45 heavy (non-hydrogen) atoms. The van der Waals surface area contributed by atoms with Gasteiger partial charge in [0.05, 0.1) is 17.5 Å². The van der Waals surface area contributed by atoms with E-state index in [0.29, 0.717) is 50.9 Å². The summed E-state index contributed by atoms with van der Waals surface area (Å²) in [6, 6.07) is 11.7. The van der Waals surface area contributed by atoms with Gasteiger partial charge >= 0.3 is 6.03 Å². The van der Waals surface area contributed by atoms with E-state index in [9.17, 15) is 19.6 Å². The van der Waals surface area contributed by atoms with Crippen LogP contribution in [0.4, 0.5) is 30.1 Å². The molecule has 1 atom stereocenters. The zero-order chi connectivity index (χ0) is 31.0. The SMILES string of the molecule is CN(c1nc(-c2ccc(F)cc2)c(C#N)s1)c1c2c(nc3c(F)cc(N4CC5(CN(C(=O)N6CCCC6)C5)C4)cc13)[C@@H](O)CC2. The van der Waals surface area contributed by atoms with E-state index >= 15 is 4.39 Å². The van der Waals surface area contributed by atoms with Gasteiger partial charge in [0, 0.05) is 73.9 Å². The number of hydrogen-bond acceptors (Lipinski definition) is 8. The minimum atomic E-state index is -0.795. The number of nitrogens with zero attached hydrogens (tertiary/aromatic N) is 7. The topological polar surface area (TPSA) is 99.8 Å². The van der Waals surface area contributed by atoms with Crippen LogP contribution in [0.1, 0.15) is 41.5 Å². The van der Waals surface area contributed by atoms with Gasteiger partial charge < -0.3 is 24.7 Å².